The Hall–Kier alpha value is -1.45. The lowest BCUT2D eigenvalue weighted by molar-refractivity contribution is 0.413. The largest absolute Gasteiger partial charge is 0.497 e. The molecule has 2 N–H and O–H groups in total. The van der Waals surface area contributed by atoms with Crippen LogP contribution in [-0.4, -0.2) is 13.2 Å². The molecule has 0 spiro atoms. The third kappa shape index (κ3) is 4.01. The summed E-state index contributed by atoms with van der Waals surface area (Å²) < 4.78 is 5.25. The van der Waals surface area contributed by atoms with E-state index in [-0.39, 0.29) is 6.04 Å². The van der Waals surface area contributed by atoms with E-state index >= 15 is 0 Å². The highest BCUT2D eigenvalue weighted by atomic mass is 32.2. The van der Waals surface area contributed by atoms with Gasteiger partial charge in [0.2, 0.25) is 0 Å². The van der Waals surface area contributed by atoms with E-state index in [1.165, 1.54) is 15.4 Å². The molecule has 2 nitrogen and oxygen atoms in total. The quantitative estimate of drug-likeness (QED) is 0.901. The van der Waals surface area contributed by atoms with Gasteiger partial charge < -0.3 is 10.5 Å². The van der Waals surface area contributed by atoms with E-state index in [4.69, 9.17) is 10.5 Å². The predicted octanol–water partition coefficient (Wildman–Crippen LogP) is 3.74. The Balaban J connectivity index is 2.22. The third-order valence-electron chi connectivity index (χ3n) is 2.78. The zero-order valence-electron chi connectivity index (χ0n) is 11.3. The van der Waals surface area contributed by atoms with E-state index in [0.29, 0.717) is 0 Å². The second kappa shape index (κ2) is 6.64. The van der Waals surface area contributed by atoms with Crippen molar-refractivity contribution >= 4 is 11.8 Å². The maximum absolute atomic E-state index is 5.90. The normalized spacial score (nSPS) is 12.2. The molecule has 0 radical (unpaired) electrons. The average Bonchev–Trinajstić information content (AvgIpc) is 2.41. The fourth-order valence-electron chi connectivity index (χ4n) is 1.91. The first-order valence-corrected chi connectivity index (χ1v) is 7.16. The van der Waals surface area contributed by atoms with Crippen molar-refractivity contribution in [2.24, 2.45) is 5.73 Å². The highest BCUT2D eigenvalue weighted by Gasteiger charge is 2.06. The maximum atomic E-state index is 5.90. The molecule has 0 bridgehead atoms. The molecule has 0 aliphatic rings. The van der Waals surface area contributed by atoms with Gasteiger partial charge in [0.05, 0.1) is 7.11 Å². The summed E-state index contributed by atoms with van der Waals surface area (Å²) in [5.41, 5.74) is 7.20. The highest BCUT2D eigenvalue weighted by Crippen LogP contribution is 2.32. The van der Waals surface area contributed by atoms with Crippen molar-refractivity contribution in [3.05, 3.63) is 54.1 Å². The topological polar surface area (TPSA) is 35.2 Å². The van der Waals surface area contributed by atoms with Crippen molar-refractivity contribution in [1.82, 2.24) is 0 Å². The molecule has 0 fully saturated rings. The van der Waals surface area contributed by atoms with Gasteiger partial charge in [0.25, 0.3) is 0 Å². The first kappa shape index (κ1) is 14.0. The number of benzene rings is 2. The van der Waals surface area contributed by atoms with Crippen LogP contribution in [0.25, 0.3) is 0 Å². The molecule has 3 heteroatoms. The van der Waals surface area contributed by atoms with Crippen LogP contribution < -0.4 is 10.5 Å². The molecule has 0 saturated heterocycles. The summed E-state index contributed by atoms with van der Waals surface area (Å²) >= 11 is 1.75. The molecule has 0 amide bonds. The van der Waals surface area contributed by atoms with E-state index in [1.54, 1.807) is 18.9 Å². The third-order valence-corrected chi connectivity index (χ3v) is 3.89. The molecule has 0 aliphatic carbocycles. The van der Waals surface area contributed by atoms with Gasteiger partial charge in [-0.3, -0.25) is 0 Å². The summed E-state index contributed by atoms with van der Waals surface area (Å²) in [5, 5.41) is 0. The summed E-state index contributed by atoms with van der Waals surface area (Å²) in [6.07, 6.45) is 0.896. The summed E-state index contributed by atoms with van der Waals surface area (Å²) in [4.78, 5) is 2.43. The van der Waals surface area contributed by atoms with Gasteiger partial charge in [0, 0.05) is 15.8 Å². The van der Waals surface area contributed by atoms with Gasteiger partial charge in [-0.1, -0.05) is 36.0 Å². The summed E-state index contributed by atoms with van der Waals surface area (Å²) in [5.74, 6) is 0.884. The molecule has 0 heterocycles. The number of hydrogen-bond donors (Lipinski definition) is 1. The van der Waals surface area contributed by atoms with Gasteiger partial charge in [-0.2, -0.15) is 0 Å². The SMILES string of the molecule is COc1cccc(Sc2ccccc2CC(C)N)c1. The molecular weight excluding hydrogens is 254 g/mol. The van der Waals surface area contributed by atoms with Crippen LogP contribution in [0.2, 0.25) is 0 Å². The van der Waals surface area contributed by atoms with Crippen LogP contribution in [0.1, 0.15) is 12.5 Å². The highest BCUT2D eigenvalue weighted by molar-refractivity contribution is 7.99. The minimum atomic E-state index is 0.173. The second-order valence-corrected chi connectivity index (χ2v) is 5.69. The van der Waals surface area contributed by atoms with Crippen LogP contribution >= 0.6 is 11.8 Å². The van der Waals surface area contributed by atoms with E-state index < -0.39 is 0 Å². The lowest BCUT2D eigenvalue weighted by Crippen LogP contribution is -2.18. The lowest BCUT2D eigenvalue weighted by Gasteiger charge is -2.11. The van der Waals surface area contributed by atoms with Crippen molar-refractivity contribution in [3.8, 4) is 5.75 Å². The molecular formula is C16H19NOS. The van der Waals surface area contributed by atoms with Crippen molar-refractivity contribution in [2.45, 2.75) is 29.2 Å². The zero-order valence-corrected chi connectivity index (χ0v) is 12.1. The van der Waals surface area contributed by atoms with Crippen LogP contribution in [0, 0.1) is 0 Å². The summed E-state index contributed by atoms with van der Waals surface area (Å²) in [7, 11) is 1.69. The smallest absolute Gasteiger partial charge is 0.119 e. The number of ether oxygens (including phenoxy) is 1. The standard InChI is InChI=1S/C16H19NOS/c1-12(17)10-13-6-3-4-9-16(13)19-15-8-5-7-14(11-15)18-2/h3-9,11-12H,10,17H2,1-2H3. The van der Waals surface area contributed by atoms with Crippen molar-refractivity contribution < 1.29 is 4.74 Å². The van der Waals surface area contributed by atoms with Crippen LogP contribution in [0.15, 0.2) is 58.3 Å². The molecule has 100 valence electrons. The fraction of sp³-hybridized carbons (Fsp3) is 0.250. The maximum Gasteiger partial charge on any atom is 0.119 e. The van der Waals surface area contributed by atoms with Crippen LogP contribution in [0.4, 0.5) is 0 Å². The predicted molar refractivity (Wildman–Crippen MR) is 80.9 cm³/mol. The van der Waals surface area contributed by atoms with Gasteiger partial charge in [-0.15, -0.1) is 0 Å². The van der Waals surface area contributed by atoms with Gasteiger partial charge in [-0.05, 0) is 43.2 Å². The first-order valence-electron chi connectivity index (χ1n) is 6.34. The number of nitrogens with two attached hydrogens (primary N) is 1. The minimum Gasteiger partial charge on any atom is -0.497 e. The molecule has 1 atom stereocenters. The Morgan fingerprint density at radius 3 is 2.68 bits per heavy atom. The summed E-state index contributed by atoms with van der Waals surface area (Å²) in [6.45, 7) is 2.03. The van der Waals surface area contributed by atoms with E-state index in [1.807, 2.05) is 25.1 Å². The summed E-state index contributed by atoms with van der Waals surface area (Å²) in [6, 6.07) is 16.7. The van der Waals surface area contributed by atoms with Crippen molar-refractivity contribution in [3.63, 3.8) is 0 Å². The Bertz CT molecular complexity index is 540. The van der Waals surface area contributed by atoms with Gasteiger partial charge in [0.1, 0.15) is 5.75 Å². The van der Waals surface area contributed by atoms with Crippen LogP contribution in [0.3, 0.4) is 0 Å². The minimum absolute atomic E-state index is 0.173. The van der Waals surface area contributed by atoms with E-state index in [2.05, 4.69) is 30.3 Å². The van der Waals surface area contributed by atoms with Crippen LogP contribution in [-0.2, 0) is 6.42 Å². The molecule has 0 saturated carbocycles. The number of methoxy groups -OCH3 is 1. The van der Waals surface area contributed by atoms with Crippen molar-refractivity contribution in [1.29, 1.82) is 0 Å². The van der Waals surface area contributed by atoms with Gasteiger partial charge >= 0.3 is 0 Å². The number of rotatable bonds is 5. The number of hydrogen-bond acceptors (Lipinski definition) is 3. The molecule has 0 aliphatic heterocycles. The zero-order chi connectivity index (χ0) is 13.7. The molecule has 0 aromatic heterocycles. The Morgan fingerprint density at radius 1 is 1.16 bits per heavy atom. The molecule has 2 aromatic carbocycles. The Labute approximate surface area is 119 Å². The lowest BCUT2D eigenvalue weighted by atomic mass is 10.1. The van der Waals surface area contributed by atoms with Gasteiger partial charge in [-0.25, -0.2) is 0 Å². The second-order valence-electron chi connectivity index (χ2n) is 4.57. The Kier molecular flexibility index (Phi) is 4.88. The van der Waals surface area contributed by atoms with E-state index in [0.717, 1.165) is 12.2 Å². The average molecular weight is 273 g/mol. The first-order chi connectivity index (χ1) is 9.19. The van der Waals surface area contributed by atoms with Crippen LogP contribution in [0.5, 0.6) is 5.75 Å². The molecule has 2 aromatic rings. The molecule has 19 heavy (non-hydrogen) atoms. The van der Waals surface area contributed by atoms with E-state index in [9.17, 15) is 0 Å². The van der Waals surface area contributed by atoms with Crippen molar-refractivity contribution in [2.75, 3.05) is 7.11 Å². The molecule has 2 rings (SSSR count). The van der Waals surface area contributed by atoms with Gasteiger partial charge in [0.15, 0.2) is 0 Å². The molecule has 1 unspecified atom stereocenters. The monoisotopic (exact) mass is 273 g/mol. The fourth-order valence-corrected chi connectivity index (χ4v) is 2.92. The Morgan fingerprint density at radius 2 is 1.95 bits per heavy atom.